The number of aliphatic hydroxyl groups excluding tert-OH is 1. The van der Waals surface area contributed by atoms with Gasteiger partial charge in [0.25, 0.3) is 17.4 Å². The summed E-state index contributed by atoms with van der Waals surface area (Å²) in [6.45, 7) is 5.58. The van der Waals surface area contributed by atoms with Crippen molar-refractivity contribution in [2.75, 3.05) is 39.4 Å². The van der Waals surface area contributed by atoms with Gasteiger partial charge in [-0.1, -0.05) is 30.3 Å². The number of benzene rings is 2. The van der Waals surface area contributed by atoms with Crippen LogP contribution in [0.25, 0.3) is 11.4 Å². The molecule has 0 spiro atoms. The number of carbonyl (C=O) groups excluding carboxylic acids is 2. The Bertz CT molecular complexity index is 1430. The monoisotopic (exact) mass is 531 g/mol. The molecule has 3 heterocycles. The Morgan fingerprint density at radius 2 is 1.85 bits per heavy atom. The Labute approximate surface area is 225 Å². The third-order valence-electron chi connectivity index (χ3n) is 7.18. The molecule has 11 nitrogen and oxygen atoms in total. The van der Waals surface area contributed by atoms with Crippen molar-refractivity contribution >= 4 is 23.1 Å². The van der Waals surface area contributed by atoms with Crippen LogP contribution in [0.1, 0.15) is 29.3 Å². The van der Waals surface area contributed by atoms with E-state index in [9.17, 15) is 24.8 Å². The fourth-order valence-corrected chi connectivity index (χ4v) is 5.17. The van der Waals surface area contributed by atoms with Gasteiger partial charge < -0.3 is 14.7 Å². The van der Waals surface area contributed by atoms with E-state index >= 15 is 0 Å². The highest BCUT2D eigenvalue weighted by molar-refractivity contribution is 6.46. The molecule has 2 saturated heterocycles. The van der Waals surface area contributed by atoms with Crippen LogP contribution in [0.2, 0.25) is 0 Å². The first-order valence-corrected chi connectivity index (χ1v) is 12.8. The summed E-state index contributed by atoms with van der Waals surface area (Å²) in [6.07, 6.45) is 2.04. The highest BCUT2D eigenvalue weighted by Crippen LogP contribution is 2.40. The van der Waals surface area contributed by atoms with Crippen molar-refractivity contribution in [3.8, 4) is 5.69 Å². The van der Waals surface area contributed by atoms with Gasteiger partial charge in [-0.2, -0.15) is 5.10 Å². The molecule has 0 unspecified atom stereocenters. The Morgan fingerprint density at radius 1 is 1.10 bits per heavy atom. The first-order chi connectivity index (χ1) is 18.9. The summed E-state index contributed by atoms with van der Waals surface area (Å²) in [5.41, 5.74) is 1.76. The number of nitro benzene ring substituents is 1. The van der Waals surface area contributed by atoms with Crippen molar-refractivity contribution in [3.05, 3.63) is 93.3 Å². The van der Waals surface area contributed by atoms with Gasteiger partial charge in [-0.15, -0.1) is 0 Å². The minimum atomic E-state index is -0.978. The van der Waals surface area contributed by atoms with Gasteiger partial charge in [0, 0.05) is 38.3 Å². The lowest BCUT2D eigenvalue weighted by Gasteiger charge is -2.29. The van der Waals surface area contributed by atoms with Crippen molar-refractivity contribution in [2.45, 2.75) is 19.4 Å². The number of nitrogens with zero attached hydrogens (tertiary/aromatic N) is 5. The van der Waals surface area contributed by atoms with E-state index in [1.807, 2.05) is 30.3 Å². The number of ether oxygens (including phenoxy) is 1. The summed E-state index contributed by atoms with van der Waals surface area (Å²) in [4.78, 5) is 41.3. The summed E-state index contributed by atoms with van der Waals surface area (Å²) in [5.74, 6) is -1.94. The van der Waals surface area contributed by atoms with Gasteiger partial charge in [-0.3, -0.25) is 24.6 Å². The molecular weight excluding hydrogens is 502 g/mol. The van der Waals surface area contributed by atoms with Gasteiger partial charge in [-0.25, -0.2) is 4.68 Å². The fraction of sp³-hybridized carbons (Fsp3) is 0.321. The molecule has 1 amide bonds. The number of non-ortho nitro benzene ring substituents is 1. The Morgan fingerprint density at radius 3 is 2.56 bits per heavy atom. The number of morpholine rings is 1. The number of likely N-dealkylation sites (tertiary alicyclic amines) is 1. The van der Waals surface area contributed by atoms with E-state index in [-0.39, 0.29) is 23.6 Å². The molecule has 2 aliphatic rings. The number of carbonyl (C=O) groups is 2. The van der Waals surface area contributed by atoms with Gasteiger partial charge in [0.2, 0.25) is 0 Å². The third-order valence-corrected chi connectivity index (χ3v) is 7.18. The number of rotatable bonds is 8. The van der Waals surface area contributed by atoms with Crippen LogP contribution in [0.4, 0.5) is 5.69 Å². The molecule has 39 heavy (non-hydrogen) atoms. The van der Waals surface area contributed by atoms with E-state index in [0.29, 0.717) is 43.0 Å². The van der Waals surface area contributed by atoms with Gasteiger partial charge in [0.15, 0.2) is 0 Å². The van der Waals surface area contributed by atoms with Crippen LogP contribution < -0.4 is 0 Å². The lowest BCUT2D eigenvalue weighted by atomic mass is 9.95. The van der Waals surface area contributed by atoms with Crippen molar-refractivity contribution < 1.29 is 24.4 Å². The molecular formula is C28H29N5O6. The molecule has 2 aromatic carbocycles. The lowest BCUT2D eigenvalue weighted by Crippen LogP contribution is -2.39. The zero-order valence-corrected chi connectivity index (χ0v) is 21.5. The molecule has 202 valence electrons. The predicted octanol–water partition coefficient (Wildman–Crippen LogP) is 3.23. The largest absolute Gasteiger partial charge is 0.507 e. The average Bonchev–Trinajstić information content (AvgIpc) is 3.46. The number of para-hydroxylation sites is 1. The van der Waals surface area contributed by atoms with Crippen LogP contribution >= 0.6 is 0 Å². The highest BCUT2D eigenvalue weighted by atomic mass is 16.6. The Hall–Kier alpha value is -4.35. The van der Waals surface area contributed by atoms with E-state index in [1.165, 1.54) is 29.3 Å². The minimum absolute atomic E-state index is 0.109. The predicted molar refractivity (Wildman–Crippen MR) is 142 cm³/mol. The van der Waals surface area contributed by atoms with Crippen LogP contribution in [0, 0.1) is 17.0 Å². The molecule has 11 heteroatoms. The summed E-state index contributed by atoms with van der Waals surface area (Å²) in [5, 5.41) is 27.4. The molecule has 0 radical (unpaired) electrons. The molecule has 1 N–H and O–H groups in total. The summed E-state index contributed by atoms with van der Waals surface area (Å²) in [7, 11) is 0. The number of Topliss-reactive ketones (excluding diaryl/α,β-unsaturated/α-hetero) is 1. The van der Waals surface area contributed by atoms with Crippen molar-refractivity contribution in [3.63, 3.8) is 0 Å². The molecule has 0 aliphatic carbocycles. The Balaban J connectivity index is 1.54. The van der Waals surface area contributed by atoms with Gasteiger partial charge in [0.1, 0.15) is 5.76 Å². The number of nitro groups is 1. The van der Waals surface area contributed by atoms with E-state index in [0.717, 1.165) is 18.8 Å². The van der Waals surface area contributed by atoms with Crippen LogP contribution in [0.3, 0.4) is 0 Å². The zero-order valence-electron chi connectivity index (χ0n) is 21.5. The molecule has 3 aromatic rings. The molecule has 0 bridgehead atoms. The number of amides is 1. The maximum atomic E-state index is 13.4. The molecule has 2 aliphatic heterocycles. The highest BCUT2D eigenvalue weighted by Gasteiger charge is 2.46. The summed E-state index contributed by atoms with van der Waals surface area (Å²) in [6, 6.07) is 14.2. The van der Waals surface area contributed by atoms with Gasteiger partial charge in [-0.05, 0) is 31.0 Å². The SMILES string of the molecule is Cc1c(C(O)=C2C(=O)C(=O)N(CCCN3CCOCC3)[C@@H]2c2cccc([N+](=O)[O-])c2)cnn1-c1ccccc1. The number of hydrogen-bond acceptors (Lipinski definition) is 8. The van der Waals surface area contributed by atoms with Crippen LogP contribution in [0.15, 0.2) is 66.4 Å². The van der Waals surface area contributed by atoms with Crippen molar-refractivity contribution in [1.29, 1.82) is 0 Å². The summed E-state index contributed by atoms with van der Waals surface area (Å²) < 4.78 is 7.03. The van der Waals surface area contributed by atoms with Crippen LogP contribution in [-0.2, 0) is 14.3 Å². The number of ketones is 1. The molecule has 1 atom stereocenters. The molecule has 5 rings (SSSR count). The first-order valence-electron chi connectivity index (χ1n) is 12.8. The topological polar surface area (TPSA) is 131 Å². The number of aliphatic hydroxyl groups is 1. The van der Waals surface area contributed by atoms with Gasteiger partial charge >= 0.3 is 0 Å². The van der Waals surface area contributed by atoms with Gasteiger partial charge in [0.05, 0.1) is 52.9 Å². The quantitative estimate of drug-likeness (QED) is 0.154. The summed E-state index contributed by atoms with van der Waals surface area (Å²) >= 11 is 0. The smallest absolute Gasteiger partial charge is 0.295 e. The van der Waals surface area contributed by atoms with Crippen molar-refractivity contribution in [2.24, 2.45) is 0 Å². The second-order valence-electron chi connectivity index (χ2n) is 9.54. The second kappa shape index (κ2) is 11.2. The van der Waals surface area contributed by atoms with Crippen molar-refractivity contribution in [1.82, 2.24) is 19.6 Å². The van der Waals surface area contributed by atoms with E-state index in [4.69, 9.17) is 4.74 Å². The lowest BCUT2D eigenvalue weighted by molar-refractivity contribution is -0.384. The maximum Gasteiger partial charge on any atom is 0.295 e. The van der Waals surface area contributed by atoms with E-state index in [2.05, 4.69) is 10.00 Å². The zero-order chi connectivity index (χ0) is 27.5. The van der Waals surface area contributed by atoms with Crippen LogP contribution in [-0.4, -0.2) is 80.7 Å². The van der Waals surface area contributed by atoms with E-state index < -0.39 is 22.7 Å². The Kier molecular flexibility index (Phi) is 7.53. The first kappa shape index (κ1) is 26.3. The minimum Gasteiger partial charge on any atom is -0.507 e. The average molecular weight is 532 g/mol. The number of aromatic nitrogens is 2. The normalized spacial score (nSPS) is 19.5. The van der Waals surface area contributed by atoms with E-state index in [1.54, 1.807) is 17.7 Å². The third kappa shape index (κ3) is 5.18. The molecule has 2 fully saturated rings. The maximum absolute atomic E-state index is 13.4. The standard InChI is InChI=1S/C28H29N5O6/c1-19-23(18-29-32(19)21-8-3-2-4-9-21)26(34)24-25(20-7-5-10-22(17-20)33(37)38)31(28(36)27(24)35)12-6-11-30-13-15-39-16-14-30/h2-5,7-10,17-18,25,34H,6,11-16H2,1H3/t25-/m1/s1. The fourth-order valence-electron chi connectivity index (χ4n) is 5.17. The molecule has 0 saturated carbocycles. The van der Waals surface area contributed by atoms with Crippen LogP contribution in [0.5, 0.6) is 0 Å². The molecule has 1 aromatic heterocycles. The number of hydrogen-bond donors (Lipinski definition) is 1. The second-order valence-corrected chi connectivity index (χ2v) is 9.54.